The summed E-state index contributed by atoms with van der Waals surface area (Å²) in [4.78, 5) is 38.8. The highest BCUT2D eigenvalue weighted by atomic mass is 19.1. The Hall–Kier alpha value is -2.64. The molecule has 1 saturated heterocycles. The molecule has 7 nitrogen and oxygen atoms in total. The molecule has 32 heavy (non-hydrogen) atoms. The molecule has 4 saturated carbocycles. The highest BCUT2D eigenvalue weighted by Gasteiger charge is 2.54. The first-order valence-electron chi connectivity index (χ1n) is 11.8. The minimum atomic E-state index is -0.511. The summed E-state index contributed by atoms with van der Waals surface area (Å²) in [6.45, 7) is 1.29. The first kappa shape index (κ1) is 21.2. The molecule has 1 aromatic carbocycles. The van der Waals surface area contributed by atoms with E-state index >= 15 is 0 Å². The van der Waals surface area contributed by atoms with Gasteiger partial charge in [0.05, 0.1) is 5.69 Å². The molecule has 1 aliphatic heterocycles. The average molecular weight is 443 g/mol. The predicted octanol–water partition coefficient (Wildman–Crippen LogP) is 3.41. The van der Waals surface area contributed by atoms with Crippen molar-refractivity contribution >= 4 is 29.2 Å². The first-order chi connectivity index (χ1) is 15.4. The lowest BCUT2D eigenvalue weighted by atomic mass is 9.49. The van der Waals surface area contributed by atoms with Crippen molar-refractivity contribution in [3.8, 4) is 0 Å². The molecule has 5 fully saturated rings. The number of nitrogens with zero attached hydrogens (tertiary/aromatic N) is 1. The number of carbonyl (C=O) groups is 3. The first-order valence-corrected chi connectivity index (χ1v) is 11.8. The van der Waals surface area contributed by atoms with Crippen LogP contribution in [-0.4, -0.2) is 37.5 Å². The molecule has 3 N–H and O–H groups in total. The van der Waals surface area contributed by atoms with E-state index < -0.39 is 5.82 Å². The molecule has 4 aliphatic carbocycles. The van der Waals surface area contributed by atoms with Crippen LogP contribution in [0.25, 0.3) is 0 Å². The van der Waals surface area contributed by atoms with E-state index in [1.54, 1.807) is 0 Å². The monoisotopic (exact) mass is 442 g/mol. The number of urea groups is 1. The van der Waals surface area contributed by atoms with Crippen LogP contribution in [0.4, 0.5) is 20.6 Å². The third-order valence-electron chi connectivity index (χ3n) is 7.76. The van der Waals surface area contributed by atoms with Crippen molar-refractivity contribution in [2.45, 2.75) is 51.4 Å². The summed E-state index contributed by atoms with van der Waals surface area (Å²) in [7, 11) is 0. The van der Waals surface area contributed by atoms with Crippen molar-refractivity contribution < 1.29 is 18.8 Å². The van der Waals surface area contributed by atoms with Gasteiger partial charge in [0.1, 0.15) is 5.82 Å². The highest BCUT2D eigenvalue weighted by Crippen LogP contribution is 2.60. The molecule has 0 atom stereocenters. The van der Waals surface area contributed by atoms with E-state index in [0.717, 1.165) is 25.7 Å². The van der Waals surface area contributed by atoms with Gasteiger partial charge in [-0.15, -0.1) is 0 Å². The van der Waals surface area contributed by atoms with E-state index in [9.17, 15) is 18.8 Å². The quantitative estimate of drug-likeness (QED) is 0.631. The zero-order chi connectivity index (χ0) is 22.3. The number of carbonyl (C=O) groups excluding carboxylic acids is 3. The minimum Gasteiger partial charge on any atom is -0.355 e. The van der Waals surface area contributed by atoms with Gasteiger partial charge in [0.25, 0.3) is 0 Å². The molecule has 0 unspecified atom stereocenters. The van der Waals surface area contributed by atoms with Gasteiger partial charge >= 0.3 is 6.03 Å². The Labute approximate surface area is 187 Å². The van der Waals surface area contributed by atoms with Crippen LogP contribution in [-0.2, 0) is 9.59 Å². The standard InChI is InChI=1S/C24H31FN4O3/c25-19-3-2-18(11-20(19)29-7-1-5-27-23(29)32)28-21(30)4-6-26-22(31)24-12-15-8-16(13-24)10-17(9-15)14-24/h2-3,11,15-17H,1,4-10,12-14H2,(H,26,31)(H,27,32)(H,28,30). The van der Waals surface area contributed by atoms with E-state index in [4.69, 9.17) is 0 Å². The molecule has 4 bridgehead atoms. The van der Waals surface area contributed by atoms with Crippen molar-refractivity contribution in [3.05, 3.63) is 24.0 Å². The average Bonchev–Trinajstić information content (AvgIpc) is 2.74. The fraction of sp³-hybridized carbons (Fsp3) is 0.625. The highest BCUT2D eigenvalue weighted by molar-refractivity contribution is 5.95. The normalized spacial score (nSPS) is 30.7. The SMILES string of the molecule is O=C(CCNC(=O)C12CC3CC(CC(C3)C1)C2)Nc1ccc(F)c(N2CCCNC2=O)c1. The fourth-order valence-corrected chi connectivity index (χ4v) is 6.75. The molecule has 4 amide bonds. The van der Waals surface area contributed by atoms with Gasteiger partial charge in [0.2, 0.25) is 11.8 Å². The van der Waals surface area contributed by atoms with Crippen LogP contribution in [0.3, 0.4) is 0 Å². The lowest BCUT2D eigenvalue weighted by molar-refractivity contribution is -0.146. The van der Waals surface area contributed by atoms with Crippen molar-refractivity contribution in [2.24, 2.45) is 23.2 Å². The molecule has 0 aromatic heterocycles. The smallest absolute Gasteiger partial charge is 0.321 e. The molecule has 8 heteroatoms. The second-order valence-electron chi connectivity index (χ2n) is 10.2. The van der Waals surface area contributed by atoms with Crippen LogP contribution in [0.15, 0.2) is 18.2 Å². The number of hydrogen-bond acceptors (Lipinski definition) is 3. The predicted molar refractivity (Wildman–Crippen MR) is 119 cm³/mol. The van der Waals surface area contributed by atoms with Crippen molar-refractivity contribution in [1.29, 1.82) is 0 Å². The molecule has 1 aromatic rings. The van der Waals surface area contributed by atoms with E-state index in [1.165, 1.54) is 42.4 Å². The maximum absolute atomic E-state index is 14.3. The van der Waals surface area contributed by atoms with E-state index in [0.29, 0.717) is 36.5 Å². The summed E-state index contributed by atoms with van der Waals surface area (Å²) in [5.41, 5.74) is 0.360. The van der Waals surface area contributed by atoms with Gasteiger partial charge in [-0.2, -0.15) is 0 Å². The Morgan fingerprint density at radius 1 is 1.12 bits per heavy atom. The third-order valence-corrected chi connectivity index (χ3v) is 7.76. The molecule has 6 rings (SSSR count). The maximum Gasteiger partial charge on any atom is 0.321 e. The topological polar surface area (TPSA) is 90.5 Å². The maximum atomic E-state index is 14.3. The summed E-state index contributed by atoms with van der Waals surface area (Å²) < 4.78 is 14.3. The van der Waals surface area contributed by atoms with Crippen LogP contribution in [0.2, 0.25) is 0 Å². The summed E-state index contributed by atoms with van der Waals surface area (Å²) >= 11 is 0. The van der Waals surface area contributed by atoms with Crippen LogP contribution < -0.4 is 20.9 Å². The lowest BCUT2D eigenvalue weighted by Crippen LogP contribution is -2.53. The number of rotatable bonds is 6. The van der Waals surface area contributed by atoms with Crippen LogP contribution in [0.1, 0.15) is 51.4 Å². The van der Waals surface area contributed by atoms with Gasteiger partial charge in [-0.1, -0.05) is 0 Å². The summed E-state index contributed by atoms with van der Waals surface area (Å²) in [5.74, 6) is 1.45. The number of benzene rings is 1. The molecule has 5 aliphatic rings. The molecule has 1 heterocycles. The summed E-state index contributed by atoms with van der Waals surface area (Å²) in [5, 5.41) is 8.47. The molecular weight excluding hydrogens is 411 g/mol. The van der Waals surface area contributed by atoms with E-state index in [1.807, 2.05) is 0 Å². The number of halogens is 1. The van der Waals surface area contributed by atoms with E-state index in [-0.39, 0.29) is 41.9 Å². The van der Waals surface area contributed by atoms with Gasteiger partial charge in [-0.25, -0.2) is 9.18 Å². The molecule has 0 radical (unpaired) electrons. The fourth-order valence-electron chi connectivity index (χ4n) is 6.75. The zero-order valence-electron chi connectivity index (χ0n) is 18.3. The van der Waals surface area contributed by atoms with Gasteiger partial charge in [-0.05, 0) is 80.9 Å². The third kappa shape index (κ3) is 4.07. The van der Waals surface area contributed by atoms with Crippen molar-refractivity contribution in [2.75, 3.05) is 29.9 Å². The Morgan fingerprint density at radius 3 is 2.47 bits per heavy atom. The summed E-state index contributed by atoms with van der Waals surface area (Å²) in [6.07, 6.45) is 7.73. The van der Waals surface area contributed by atoms with Crippen LogP contribution in [0.5, 0.6) is 0 Å². The van der Waals surface area contributed by atoms with Gasteiger partial charge in [0, 0.05) is 37.2 Å². The Morgan fingerprint density at radius 2 is 1.81 bits per heavy atom. The molecular formula is C24H31FN4O3. The van der Waals surface area contributed by atoms with Crippen molar-refractivity contribution in [3.63, 3.8) is 0 Å². The Balaban J connectivity index is 1.14. The Bertz CT molecular complexity index is 899. The van der Waals surface area contributed by atoms with Gasteiger partial charge in [0.15, 0.2) is 0 Å². The second-order valence-corrected chi connectivity index (χ2v) is 10.2. The number of amides is 4. The lowest BCUT2D eigenvalue weighted by Gasteiger charge is -2.55. The summed E-state index contributed by atoms with van der Waals surface area (Å²) in [6, 6.07) is 3.87. The minimum absolute atomic E-state index is 0.115. The van der Waals surface area contributed by atoms with E-state index in [2.05, 4.69) is 16.0 Å². The molecule has 172 valence electrons. The Kier molecular flexibility index (Phi) is 5.55. The number of nitrogens with one attached hydrogen (secondary N) is 3. The largest absolute Gasteiger partial charge is 0.355 e. The van der Waals surface area contributed by atoms with Gasteiger partial charge < -0.3 is 16.0 Å². The van der Waals surface area contributed by atoms with Crippen molar-refractivity contribution in [1.82, 2.24) is 10.6 Å². The van der Waals surface area contributed by atoms with Crippen LogP contribution >= 0.6 is 0 Å². The van der Waals surface area contributed by atoms with Crippen LogP contribution in [0, 0.1) is 29.0 Å². The zero-order valence-corrected chi connectivity index (χ0v) is 18.3. The molecule has 0 spiro atoms. The van der Waals surface area contributed by atoms with Gasteiger partial charge in [-0.3, -0.25) is 14.5 Å². The number of hydrogen-bond donors (Lipinski definition) is 3. The number of anilines is 2. The second kappa shape index (κ2) is 8.37.